The quantitative estimate of drug-likeness (QED) is 0.283. The van der Waals surface area contributed by atoms with E-state index in [1.165, 1.54) is 30.3 Å². The van der Waals surface area contributed by atoms with Crippen LogP contribution in [-0.2, 0) is 4.79 Å². The Bertz CT molecular complexity index is 897. The standard InChI is InChI=1S/C19H18N2O6/c1-19(2,3)18(24)20-14-7-5-13(6-8-14)17(23)27-16-10-12(11-22)4-9-15(16)21(25)26/h4-11H,1-3H3,(H,20,24). The van der Waals surface area contributed by atoms with Gasteiger partial charge in [-0.05, 0) is 36.4 Å². The molecule has 0 bridgehead atoms. The van der Waals surface area contributed by atoms with Crippen molar-refractivity contribution in [1.82, 2.24) is 0 Å². The highest BCUT2D eigenvalue weighted by atomic mass is 16.6. The fraction of sp³-hybridized carbons (Fsp3) is 0.211. The summed E-state index contributed by atoms with van der Waals surface area (Å²) in [5.74, 6) is -1.33. The molecule has 0 unspecified atom stereocenters. The molecular formula is C19H18N2O6. The number of anilines is 1. The number of esters is 1. The van der Waals surface area contributed by atoms with Gasteiger partial charge in [0.15, 0.2) is 0 Å². The molecular weight excluding hydrogens is 352 g/mol. The largest absolute Gasteiger partial charge is 0.416 e. The normalized spacial score (nSPS) is 10.8. The minimum Gasteiger partial charge on any atom is -0.416 e. The van der Waals surface area contributed by atoms with Crippen LogP contribution in [0.25, 0.3) is 0 Å². The zero-order chi connectivity index (χ0) is 20.2. The molecule has 0 saturated carbocycles. The van der Waals surface area contributed by atoms with Gasteiger partial charge in [-0.15, -0.1) is 0 Å². The van der Waals surface area contributed by atoms with Crippen molar-refractivity contribution < 1.29 is 24.0 Å². The highest BCUT2D eigenvalue weighted by Gasteiger charge is 2.22. The van der Waals surface area contributed by atoms with Crippen LogP contribution in [0.15, 0.2) is 42.5 Å². The number of benzene rings is 2. The zero-order valence-corrected chi connectivity index (χ0v) is 15.0. The molecule has 27 heavy (non-hydrogen) atoms. The molecule has 1 amide bonds. The Balaban J connectivity index is 2.18. The van der Waals surface area contributed by atoms with E-state index < -0.39 is 22.0 Å². The number of carbonyl (C=O) groups is 3. The third-order valence-corrected chi connectivity index (χ3v) is 3.58. The minimum atomic E-state index is -0.824. The minimum absolute atomic E-state index is 0.134. The van der Waals surface area contributed by atoms with Crippen molar-refractivity contribution in [2.75, 3.05) is 5.32 Å². The lowest BCUT2D eigenvalue weighted by molar-refractivity contribution is -0.385. The van der Waals surface area contributed by atoms with Gasteiger partial charge in [-0.1, -0.05) is 20.8 Å². The van der Waals surface area contributed by atoms with E-state index >= 15 is 0 Å². The van der Waals surface area contributed by atoms with E-state index in [9.17, 15) is 24.5 Å². The maximum absolute atomic E-state index is 12.3. The first-order valence-corrected chi connectivity index (χ1v) is 7.99. The van der Waals surface area contributed by atoms with Crippen LogP contribution in [0.2, 0.25) is 0 Å². The Hall–Kier alpha value is -3.55. The van der Waals surface area contributed by atoms with E-state index in [4.69, 9.17) is 4.74 Å². The van der Waals surface area contributed by atoms with Crippen molar-refractivity contribution in [3.05, 3.63) is 63.7 Å². The van der Waals surface area contributed by atoms with Crippen LogP contribution in [0, 0.1) is 15.5 Å². The van der Waals surface area contributed by atoms with Gasteiger partial charge in [0, 0.05) is 22.7 Å². The van der Waals surface area contributed by atoms with Crippen LogP contribution in [0.1, 0.15) is 41.5 Å². The number of nitrogens with zero attached hydrogens (tertiary/aromatic N) is 1. The average Bonchev–Trinajstić information content (AvgIpc) is 2.61. The van der Waals surface area contributed by atoms with E-state index in [0.717, 1.165) is 12.1 Å². The highest BCUT2D eigenvalue weighted by molar-refractivity contribution is 5.96. The fourth-order valence-electron chi connectivity index (χ4n) is 2.00. The highest BCUT2D eigenvalue weighted by Crippen LogP contribution is 2.28. The molecule has 0 aromatic heterocycles. The predicted molar refractivity (Wildman–Crippen MR) is 98.0 cm³/mol. The first-order chi connectivity index (χ1) is 12.6. The van der Waals surface area contributed by atoms with E-state index in [-0.39, 0.29) is 22.8 Å². The number of nitro benzene ring substituents is 1. The summed E-state index contributed by atoms with van der Waals surface area (Å²) in [6, 6.07) is 9.38. The number of aldehydes is 1. The molecule has 0 atom stereocenters. The molecule has 8 nitrogen and oxygen atoms in total. The van der Waals surface area contributed by atoms with Gasteiger partial charge in [-0.3, -0.25) is 19.7 Å². The second-order valence-corrected chi connectivity index (χ2v) is 6.77. The number of amides is 1. The number of carbonyl (C=O) groups excluding carboxylic acids is 3. The Morgan fingerprint density at radius 1 is 1.11 bits per heavy atom. The number of hydrogen-bond acceptors (Lipinski definition) is 6. The van der Waals surface area contributed by atoms with Crippen molar-refractivity contribution in [1.29, 1.82) is 0 Å². The van der Waals surface area contributed by atoms with Gasteiger partial charge in [0.25, 0.3) is 0 Å². The van der Waals surface area contributed by atoms with E-state index in [1.807, 2.05) is 0 Å². The van der Waals surface area contributed by atoms with Crippen LogP contribution >= 0.6 is 0 Å². The van der Waals surface area contributed by atoms with E-state index in [0.29, 0.717) is 12.0 Å². The van der Waals surface area contributed by atoms with Crippen molar-refractivity contribution >= 4 is 29.5 Å². The molecule has 0 saturated heterocycles. The molecule has 0 spiro atoms. The van der Waals surface area contributed by atoms with Crippen molar-refractivity contribution in [2.45, 2.75) is 20.8 Å². The predicted octanol–water partition coefficient (Wildman–Crippen LogP) is 3.61. The molecule has 8 heteroatoms. The number of rotatable bonds is 5. The Morgan fingerprint density at radius 2 is 1.74 bits per heavy atom. The van der Waals surface area contributed by atoms with Gasteiger partial charge in [-0.25, -0.2) is 4.79 Å². The smallest absolute Gasteiger partial charge is 0.343 e. The topological polar surface area (TPSA) is 116 Å². The number of nitro groups is 1. The molecule has 140 valence electrons. The lowest BCUT2D eigenvalue weighted by atomic mass is 9.95. The number of nitrogens with one attached hydrogen (secondary N) is 1. The molecule has 0 aliphatic carbocycles. The summed E-state index contributed by atoms with van der Waals surface area (Å²) in [6.45, 7) is 5.32. The molecule has 2 rings (SSSR count). The Kier molecular flexibility index (Phi) is 5.69. The third-order valence-electron chi connectivity index (χ3n) is 3.58. The van der Waals surface area contributed by atoms with E-state index in [2.05, 4.69) is 5.32 Å². The van der Waals surface area contributed by atoms with Crippen LogP contribution < -0.4 is 10.1 Å². The van der Waals surface area contributed by atoms with Crippen LogP contribution in [-0.4, -0.2) is 23.1 Å². The second kappa shape index (κ2) is 7.77. The number of hydrogen-bond donors (Lipinski definition) is 1. The summed E-state index contributed by atoms with van der Waals surface area (Å²) < 4.78 is 5.08. The molecule has 0 aliphatic rings. The van der Waals surface area contributed by atoms with Crippen molar-refractivity contribution in [2.24, 2.45) is 5.41 Å². The van der Waals surface area contributed by atoms with Gasteiger partial charge in [0.05, 0.1) is 10.5 Å². The molecule has 0 fully saturated rings. The molecule has 0 aliphatic heterocycles. The van der Waals surface area contributed by atoms with E-state index in [1.54, 1.807) is 20.8 Å². The second-order valence-electron chi connectivity index (χ2n) is 6.77. The van der Waals surface area contributed by atoms with Gasteiger partial charge >= 0.3 is 11.7 Å². The SMILES string of the molecule is CC(C)(C)C(=O)Nc1ccc(C(=O)Oc2cc(C=O)ccc2[N+](=O)[O-])cc1. The van der Waals surface area contributed by atoms with Crippen LogP contribution in [0.5, 0.6) is 5.75 Å². The summed E-state index contributed by atoms with van der Waals surface area (Å²) in [5.41, 5.74) is -0.221. The fourth-order valence-corrected chi connectivity index (χ4v) is 2.00. The maximum Gasteiger partial charge on any atom is 0.343 e. The number of ether oxygens (including phenoxy) is 1. The maximum atomic E-state index is 12.3. The molecule has 2 aromatic rings. The lowest BCUT2D eigenvalue weighted by Crippen LogP contribution is -2.27. The Morgan fingerprint density at radius 3 is 2.26 bits per heavy atom. The summed E-state index contributed by atoms with van der Waals surface area (Å²) in [6.07, 6.45) is 0.494. The molecule has 0 radical (unpaired) electrons. The first-order valence-electron chi connectivity index (χ1n) is 7.99. The van der Waals surface area contributed by atoms with Crippen LogP contribution in [0.3, 0.4) is 0 Å². The summed E-state index contributed by atoms with van der Waals surface area (Å²) in [5, 5.41) is 13.8. The molecule has 1 N–H and O–H groups in total. The lowest BCUT2D eigenvalue weighted by Gasteiger charge is -2.17. The molecule has 2 aromatic carbocycles. The van der Waals surface area contributed by atoms with Crippen molar-refractivity contribution in [3.8, 4) is 5.75 Å². The third kappa shape index (κ3) is 4.97. The van der Waals surface area contributed by atoms with Gasteiger partial charge in [0.1, 0.15) is 6.29 Å². The first kappa shape index (κ1) is 19.8. The zero-order valence-electron chi connectivity index (χ0n) is 15.0. The van der Waals surface area contributed by atoms with Gasteiger partial charge in [-0.2, -0.15) is 0 Å². The Labute approximate surface area is 155 Å². The van der Waals surface area contributed by atoms with Gasteiger partial charge < -0.3 is 10.1 Å². The molecule has 0 heterocycles. The van der Waals surface area contributed by atoms with Crippen molar-refractivity contribution in [3.63, 3.8) is 0 Å². The summed E-state index contributed by atoms with van der Waals surface area (Å²) in [4.78, 5) is 45.4. The average molecular weight is 370 g/mol. The summed E-state index contributed by atoms with van der Waals surface area (Å²) in [7, 11) is 0. The monoisotopic (exact) mass is 370 g/mol. The van der Waals surface area contributed by atoms with Gasteiger partial charge in [0.2, 0.25) is 11.7 Å². The van der Waals surface area contributed by atoms with Crippen LogP contribution in [0.4, 0.5) is 11.4 Å². The summed E-state index contributed by atoms with van der Waals surface area (Å²) >= 11 is 0.